The summed E-state index contributed by atoms with van der Waals surface area (Å²) in [5.74, 6) is 0.979. The van der Waals surface area contributed by atoms with Crippen molar-refractivity contribution in [2.75, 3.05) is 14.1 Å². The Morgan fingerprint density at radius 1 is 1.50 bits per heavy atom. The van der Waals surface area contributed by atoms with Crippen LogP contribution in [0.1, 0.15) is 19.8 Å². The summed E-state index contributed by atoms with van der Waals surface area (Å²) >= 11 is 0. The molecule has 0 saturated heterocycles. The molecule has 12 heavy (non-hydrogen) atoms. The van der Waals surface area contributed by atoms with Gasteiger partial charge in [-0.2, -0.15) is 0 Å². The molecule has 1 aliphatic rings. The highest BCUT2D eigenvalue weighted by atomic mass is 16.1. The fourth-order valence-electron chi connectivity index (χ4n) is 1.18. The Morgan fingerprint density at radius 3 is 2.17 bits per heavy atom. The van der Waals surface area contributed by atoms with Crippen LogP contribution in [0.4, 0.5) is 0 Å². The maximum Gasteiger partial charge on any atom is 0.123 e. The summed E-state index contributed by atoms with van der Waals surface area (Å²) in [5.41, 5.74) is 1.23. The minimum atomic E-state index is 0.340. The third kappa shape index (κ3) is 3.67. The molecule has 1 N–H and O–H groups in total. The molecule has 0 atom stereocenters. The first-order valence-corrected chi connectivity index (χ1v) is 4.34. The Labute approximate surface area is 75.0 Å². The van der Waals surface area contributed by atoms with Crippen LogP contribution in [0.25, 0.3) is 0 Å². The number of carbonyl (C=O) groups excluding carboxylic acids is 1. The zero-order chi connectivity index (χ0) is 9.56. The molecule has 2 heteroatoms. The topological polar surface area (TPSA) is 29.1 Å². The molecule has 0 aromatic carbocycles. The number of hydrogen-bond acceptors (Lipinski definition) is 2. The highest BCUT2D eigenvalue weighted by Gasteiger charge is 2.28. The zero-order valence-corrected chi connectivity index (χ0v) is 8.26. The minimum Gasteiger partial charge on any atom is -0.323 e. The molecular weight excluding hydrogens is 150 g/mol. The molecule has 1 saturated carbocycles. The number of rotatable bonds is 2. The number of allylic oxidation sites excluding steroid dienone is 1. The van der Waals surface area contributed by atoms with E-state index in [4.69, 9.17) is 0 Å². The van der Waals surface area contributed by atoms with Crippen LogP contribution in [-0.4, -0.2) is 20.4 Å². The zero-order valence-electron chi connectivity index (χ0n) is 8.26. The quantitative estimate of drug-likeness (QED) is 0.503. The molecule has 0 aromatic heterocycles. The van der Waals surface area contributed by atoms with Crippen molar-refractivity contribution in [2.24, 2.45) is 11.8 Å². The second-order valence-electron chi connectivity index (χ2n) is 3.41. The van der Waals surface area contributed by atoms with E-state index >= 15 is 0 Å². The van der Waals surface area contributed by atoms with Gasteiger partial charge >= 0.3 is 0 Å². The van der Waals surface area contributed by atoms with Crippen molar-refractivity contribution in [3.8, 4) is 0 Å². The molecule has 0 bridgehead atoms. The fourth-order valence-corrected chi connectivity index (χ4v) is 1.18. The standard InChI is InChI=1S/C8H12O.C2H7N/c1-6(2)8-3-7(4-8)5-9;1-3-2/h5,7-8H,1,3-4H2,2H3;3H,1-2H3. The van der Waals surface area contributed by atoms with E-state index in [1.807, 2.05) is 21.0 Å². The summed E-state index contributed by atoms with van der Waals surface area (Å²) in [7, 11) is 3.75. The SMILES string of the molecule is C=C(C)C1CC(C=O)C1.CNC. The van der Waals surface area contributed by atoms with E-state index in [9.17, 15) is 4.79 Å². The monoisotopic (exact) mass is 169 g/mol. The third-order valence-corrected chi connectivity index (χ3v) is 2.06. The summed E-state index contributed by atoms with van der Waals surface area (Å²) in [6.07, 6.45) is 3.14. The van der Waals surface area contributed by atoms with Crippen molar-refractivity contribution in [1.29, 1.82) is 0 Å². The van der Waals surface area contributed by atoms with E-state index in [0.717, 1.165) is 19.1 Å². The van der Waals surface area contributed by atoms with E-state index in [1.54, 1.807) is 0 Å². The van der Waals surface area contributed by atoms with Gasteiger partial charge in [0.2, 0.25) is 0 Å². The molecule has 0 unspecified atom stereocenters. The highest BCUT2D eigenvalue weighted by Crippen LogP contribution is 2.36. The summed E-state index contributed by atoms with van der Waals surface area (Å²) in [4.78, 5) is 10.1. The van der Waals surface area contributed by atoms with Gasteiger partial charge in [0.05, 0.1) is 0 Å². The lowest BCUT2D eigenvalue weighted by Crippen LogP contribution is -2.24. The molecule has 1 fully saturated rings. The van der Waals surface area contributed by atoms with E-state index in [0.29, 0.717) is 11.8 Å². The average Bonchev–Trinajstić information content (AvgIpc) is 1.85. The van der Waals surface area contributed by atoms with Crippen LogP contribution < -0.4 is 5.32 Å². The Hall–Kier alpha value is -0.630. The lowest BCUT2D eigenvalue weighted by atomic mass is 9.73. The van der Waals surface area contributed by atoms with E-state index in [-0.39, 0.29) is 0 Å². The predicted octanol–water partition coefficient (Wildman–Crippen LogP) is 1.62. The van der Waals surface area contributed by atoms with Gasteiger partial charge in [-0.15, -0.1) is 0 Å². The van der Waals surface area contributed by atoms with E-state index < -0.39 is 0 Å². The molecule has 0 radical (unpaired) electrons. The Kier molecular flexibility index (Phi) is 5.64. The van der Waals surface area contributed by atoms with Gasteiger partial charge in [-0.3, -0.25) is 0 Å². The van der Waals surface area contributed by atoms with Crippen molar-refractivity contribution >= 4 is 6.29 Å². The Balaban J connectivity index is 0.000000354. The molecule has 0 aliphatic heterocycles. The van der Waals surface area contributed by atoms with Crippen LogP contribution >= 0.6 is 0 Å². The summed E-state index contributed by atoms with van der Waals surface area (Å²) in [6, 6.07) is 0. The number of carbonyl (C=O) groups is 1. The molecule has 0 aromatic rings. The largest absolute Gasteiger partial charge is 0.323 e. The van der Waals surface area contributed by atoms with Gasteiger partial charge in [0.25, 0.3) is 0 Å². The molecule has 1 rings (SSSR count). The van der Waals surface area contributed by atoms with Crippen molar-refractivity contribution in [3.63, 3.8) is 0 Å². The lowest BCUT2D eigenvalue weighted by Gasteiger charge is -2.31. The predicted molar refractivity (Wildman–Crippen MR) is 52.1 cm³/mol. The molecule has 0 amide bonds. The molecule has 0 spiro atoms. The van der Waals surface area contributed by atoms with E-state index in [2.05, 4.69) is 11.9 Å². The normalized spacial score (nSPS) is 26.2. The summed E-state index contributed by atoms with van der Waals surface area (Å²) in [6.45, 7) is 5.86. The van der Waals surface area contributed by atoms with E-state index in [1.165, 1.54) is 5.57 Å². The molecule has 1 aliphatic carbocycles. The summed E-state index contributed by atoms with van der Waals surface area (Å²) < 4.78 is 0. The van der Waals surface area contributed by atoms with Crippen LogP contribution in [0.5, 0.6) is 0 Å². The average molecular weight is 169 g/mol. The van der Waals surface area contributed by atoms with Gasteiger partial charge in [-0.1, -0.05) is 12.2 Å². The Bertz CT molecular complexity index is 148. The fraction of sp³-hybridized carbons (Fsp3) is 0.700. The maximum atomic E-state index is 10.1. The van der Waals surface area contributed by atoms with Crippen LogP contribution in [0, 0.1) is 11.8 Å². The third-order valence-electron chi connectivity index (χ3n) is 2.06. The van der Waals surface area contributed by atoms with Gasteiger partial charge in [-0.25, -0.2) is 0 Å². The van der Waals surface area contributed by atoms with Crippen molar-refractivity contribution in [1.82, 2.24) is 5.32 Å². The van der Waals surface area contributed by atoms with Gasteiger partial charge in [0.15, 0.2) is 0 Å². The number of nitrogens with one attached hydrogen (secondary N) is 1. The number of aldehydes is 1. The van der Waals surface area contributed by atoms with Crippen LogP contribution in [0.15, 0.2) is 12.2 Å². The molecule has 0 heterocycles. The van der Waals surface area contributed by atoms with Crippen LogP contribution in [0.2, 0.25) is 0 Å². The highest BCUT2D eigenvalue weighted by molar-refractivity contribution is 5.55. The number of hydrogen-bond donors (Lipinski definition) is 1. The van der Waals surface area contributed by atoms with Gasteiger partial charge in [0, 0.05) is 5.92 Å². The van der Waals surface area contributed by atoms with Gasteiger partial charge in [0.1, 0.15) is 6.29 Å². The second kappa shape index (κ2) is 5.95. The maximum absolute atomic E-state index is 10.1. The van der Waals surface area contributed by atoms with Gasteiger partial charge in [-0.05, 0) is 39.8 Å². The summed E-state index contributed by atoms with van der Waals surface area (Å²) in [5, 5.41) is 2.75. The second-order valence-corrected chi connectivity index (χ2v) is 3.41. The molecular formula is C10H19NO. The lowest BCUT2D eigenvalue weighted by molar-refractivity contribution is -0.114. The van der Waals surface area contributed by atoms with Crippen molar-refractivity contribution < 1.29 is 4.79 Å². The first kappa shape index (κ1) is 11.4. The molecule has 70 valence electrons. The minimum absolute atomic E-state index is 0.340. The van der Waals surface area contributed by atoms with Crippen LogP contribution in [-0.2, 0) is 4.79 Å². The first-order valence-electron chi connectivity index (χ1n) is 4.34. The van der Waals surface area contributed by atoms with Crippen LogP contribution in [0.3, 0.4) is 0 Å². The van der Waals surface area contributed by atoms with Gasteiger partial charge < -0.3 is 10.1 Å². The van der Waals surface area contributed by atoms with Crippen molar-refractivity contribution in [2.45, 2.75) is 19.8 Å². The Morgan fingerprint density at radius 2 is 1.92 bits per heavy atom. The smallest absolute Gasteiger partial charge is 0.123 e. The van der Waals surface area contributed by atoms with Crippen molar-refractivity contribution in [3.05, 3.63) is 12.2 Å². The first-order chi connectivity index (χ1) is 5.65. The molecule has 2 nitrogen and oxygen atoms in total.